The van der Waals surface area contributed by atoms with Crippen molar-refractivity contribution < 1.29 is 22.8 Å². The van der Waals surface area contributed by atoms with Gasteiger partial charge in [0.25, 0.3) is 5.91 Å². The highest BCUT2D eigenvalue weighted by Gasteiger charge is 2.29. The van der Waals surface area contributed by atoms with E-state index in [9.17, 15) is 22.8 Å². The van der Waals surface area contributed by atoms with Crippen LogP contribution in [-0.2, 0) is 17.5 Å². The molecule has 1 N–H and O–H groups in total. The van der Waals surface area contributed by atoms with E-state index in [0.29, 0.717) is 23.4 Å². The number of thiophene rings is 1. The number of alkyl halides is 3. The summed E-state index contributed by atoms with van der Waals surface area (Å²) in [6.07, 6.45) is -3.62. The van der Waals surface area contributed by atoms with Crippen molar-refractivity contribution in [2.45, 2.75) is 25.6 Å². The highest BCUT2D eigenvalue weighted by molar-refractivity contribution is 7.12. The molecule has 0 aliphatic carbocycles. The number of hydrogen-bond donors (Lipinski definition) is 1. The average molecular weight is 384 g/mol. The van der Waals surface area contributed by atoms with Gasteiger partial charge in [0.15, 0.2) is 0 Å². The Morgan fingerprint density at radius 3 is 2.42 bits per heavy atom. The fourth-order valence-corrected chi connectivity index (χ4v) is 2.93. The minimum absolute atomic E-state index is 0.129. The van der Waals surface area contributed by atoms with E-state index >= 15 is 0 Å². The third kappa shape index (κ3) is 5.87. The van der Waals surface area contributed by atoms with E-state index in [-0.39, 0.29) is 24.8 Å². The third-order valence-electron chi connectivity index (χ3n) is 3.72. The van der Waals surface area contributed by atoms with Gasteiger partial charge in [-0.25, -0.2) is 0 Å². The number of nitrogens with one attached hydrogen (secondary N) is 1. The van der Waals surface area contributed by atoms with Crippen molar-refractivity contribution in [3.05, 3.63) is 57.8 Å². The Bertz CT molecular complexity index is 728. The lowest BCUT2D eigenvalue weighted by atomic mass is 10.1. The second kappa shape index (κ2) is 8.84. The van der Waals surface area contributed by atoms with Gasteiger partial charge in [0.1, 0.15) is 0 Å². The fraction of sp³-hybridized carbons (Fsp3) is 0.333. The zero-order chi connectivity index (χ0) is 19.2. The lowest BCUT2D eigenvalue weighted by molar-refractivity contribution is -0.137. The Labute approximate surface area is 153 Å². The maximum Gasteiger partial charge on any atom is 0.416 e. The van der Waals surface area contributed by atoms with Crippen molar-refractivity contribution in [2.24, 2.45) is 0 Å². The lowest BCUT2D eigenvalue weighted by Crippen LogP contribution is -2.28. The van der Waals surface area contributed by atoms with Gasteiger partial charge in [-0.05, 0) is 35.6 Å². The molecule has 2 amide bonds. The molecule has 1 aromatic heterocycles. The molecule has 0 aliphatic rings. The molecule has 2 rings (SSSR count). The van der Waals surface area contributed by atoms with Crippen LogP contribution in [-0.4, -0.2) is 30.3 Å². The van der Waals surface area contributed by atoms with E-state index < -0.39 is 11.7 Å². The van der Waals surface area contributed by atoms with E-state index in [0.717, 1.165) is 12.1 Å². The Morgan fingerprint density at radius 2 is 1.85 bits per heavy atom. The summed E-state index contributed by atoms with van der Waals surface area (Å²) < 4.78 is 37.6. The molecule has 26 heavy (non-hydrogen) atoms. The molecular formula is C18H19F3N2O2S. The summed E-state index contributed by atoms with van der Waals surface area (Å²) in [6.45, 7) is 0.620. The van der Waals surface area contributed by atoms with Gasteiger partial charge in [-0.15, -0.1) is 11.3 Å². The standard InChI is InChI=1S/C18H19F3N2O2S/c1-23(12-13-6-8-14(9-7-13)18(19,20)21)16(24)5-2-10-22-17(25)15-4-3-11-26-15/h3-4,6-9,11H,2,5,10,12H2,1H3,(H,22,25). The van der Waals surface area contributed by atoms with Gasteiger partial charge in [-0.2, -0.15) is 13.2 Å². The zero-order valence-corrected chi connectivity index (χ0v) is 15.0. The van der Waals surface area contributed by atoms with Crippen molar-refractivity contribution >= 4 is 23.2 Å². The van der Waals surface area contributed by atoms with Gasteiger partial charge in [-0.1, -0.05) is 18.2 Å². The summed E-state index contributed by atoms with van der Waals surface area (Å²) in [7, 11) is 1.60. The van der Waals surface area contributed by atoms with Crippen molar-refractivity contribution in [3.8, 4) is 0 Å². The van der Waals surface area contributed by atoms with Gasteiger partial charge in [0.2, 0.25) is 5.91 Å². The minimum atomic E-state index is -4.37. The van der Waals surface area contributed by atoms with Crippen LogP contribution in [0.1, 0.15) is 33.6 Å². The normalized spacial score (nSPS) is 11.2. The Kier molecular flexibility index (Phi) is 6.79. The molecule has 0 saturated carbocycles. The second-order valence-corrected chi connectivity index (χ2v) is 6.73. The lowest BCUT2D eigenvalue weighted by Gasteiger charge is -2.18. The molecule has 0 bridgehead atoms. The molecular weight excluding hydrogens is 365 g/mol. The van der Waals surface area contributed by atoms with Gasteiger partial charge in [-0.3, -0.25) is 9.59 Å². The van der Waals surface area contributed by atoms with Crippen LogP contribution in [0.15, 0.2) is 41.8 Å². The van der Waals surface area contributed by atoms with Crippen LogP contribution in [0.2, 0.25) is 0 Å². The smallest absolute Gasteiger partial charge is 0.351 e. The number of rotatable bonds is 7. The van der Waals surface area contributed by atoms with Crippen molar-refractivity contribution in [3.63, 3.8) is 0 Å². The monoisotopic (exact) mass is 384 g/mol. The SMILES string of the molecule is CN(Cc1ccc(C(F)(F)F)cc1)C(=O)CCCNC(=O)c1cccs1. The number of benzene rings is 1. The molecule has 140 valence electrons. The molecule has 2 aromatic rings. The van der Waals surface area contributed by atoms with Crippen LogP contribution in [0.25, 0.3) is 0 Å². The Morgan fingerprint density at radius 1 is 1.15 bits per heavy atom. The predicted molar refractivity (Wildman–Crippen MR) is 93.8 cm³/mol. The van der Waals surface area contributed by atoms with Crippen LogP contribution >= 0.6 is 11.3 Å². The first-order valence-electron chi connectivity index (χ1n) is 7.99. The number of hydrogen-bond acceptors (Lipinski definition) is 3. The molecule has 8 heteroatoms. The Balaban J connectivity index is 1.72. The van der Waals surface area contributed by atoms with Crippen molar-refractivity contribution in [1.29, 1.82) is 0 Å². The maximum absolute atomic E-state index is 12.5. The first-order valence-corrected chi connectivity index (χ1v) is 8.87. The van der Waals surface area contributed by atoms with Crippen LogP contribution in [0.5, 0.6) is 0 Å². The number of amides is 2. The van der Waals surface area contributed by atoms with Gasteiger partial charge >= 0.3 is 6.18 Å². The maximum atomic E-state index is 12.5. The summed E-state index contributed by atoms with van der Waals surface area (Å²) in [5.41, 5.74) is -0.0865. The molecule has 0 atom stereocenters. The third-order valence-corrected chi connectivity index (χ3v) is 4.59. The van der Waals surface area contributed by atoms with E-state index in [1.165, 1.54) is 28.4 Å². The van der Waals surface area contributed by atoms with Crippen molar-refractivity contribution in [2.75, 3.05) is 13.6 Å². The molecule has 1 heterocycles. The largest absolute Gasteiger partial charge is 0.416 e. The minimum Gasteiger partial charge on any atom is -0.351 e. The summed E-state index contributed by atoms with van der Waals surface area (Å²) >= 11 is 1.35. The van der Waals surface area contributed by atoms with Crippen LogP contribution in [0.3, 0.4) is 0 Å². The summed E-state index contributed by atoms with van der Waals surface area (Å²) in [5.74, 6) is -0.291. The average Bonchev–Trinajstić information content (AvgIpc) is 3.12. The highest BCUT2D eigenvalue weighted by Crippen LogP contribution is 2.29. The summed E-state index contributed by atoms with van der Waals surface area (Å²) in [5, 5.41) is 4.56. The summed E-state index contributed by atoms with van der Waals surface area (Å²) in [4.78, 5) is 25.9. The summed E-state index contributed by atoms with van der Waals surface area (Å²) in [6, 6.07) is 8.27. The molecule has 0 radical (unpaired) electrons. The number of carbonyl (C=O) groups excluding carboxylic acids is 2. The molecule has 0 spiro atoms. The van der Waals surface area contributed by atoms with Crippen LogP contribution in [0, 0.1) is 0 Å². The first-order chi connectivity index (χ1) is 12.3. The van der Waals surface area contributed by atoms with Gasteiger partial charge < -0.3 is 10.2 Å². The van der Waals surface area contributed by atoms with Crippen LogP contribution < -0.4 is 5.32 Å². The Hall–Kier alpha value is -2.35. The van der Waals surface area contributed by atoms with E-state index in [4.69, 9.17) is 0 Å². The molecule has 0 saturated heterocycles. The van der Waals surface area contributed by atoms with E-state index in [2.05, 4.69) is 5.32 Å². The van der Waals surface area contributed by atoms with Crippen LogP contribution in [0.4, 0.5) is 13.2 Å². The topological polar surface area (TPSA) is 49.4 Å². The van der Waals surface area contributed by atoms with Crippen molar-refractivity contribution in [1.82, 2.24) is 10.2 Å². The van der Waals surface area contributed by atoms with Gasteiger partial charge in [0, 0.05) is 26.6 Å². The van der Waals surface area contributed by atoms with Gasteiger partial charge in [0.05, 0.1) is 10.4 Å². The number of halogens is 3. The molecule has 0 aliphatic heterocycles. The predicted octanol–water partition coefficient (Wildman–Crippen LogP) is 3.94. The number of nitrogens with zero attached hydrogens (tertiary/aromatic N) is 1. The molecule has 1 aromatic carbocycles. The second-order valence-electron chi connectivity index (χ2n) is 5.78. The van der Waals surface area contributed by atoms with E-state index in [1.807, 2.05) is 5.38 Å². The fourth-order valence-electron chi connectivity index (χ4n) is 2.29. The number of carbonyl (C=O) groups is 2. The molecule has 4 nitrogen and oxygen atoms in total. The highest BCUT2D eigenvalue weighted by atomic mass is 32.1. The quantitative estimate of drug-likeness (QED) is 0.736. The molecule has 0 fully saturated rings. The first kappa shape index (κ1) is 20.0. The molecule has 0 unspecified atom stereocenters. The zero-order valence-electron chi connectivity index (χ0n) is 14.2. The van der Waals surface area contributed by atoms with E-state index in [1.54, 1.807) is 19.2 Å².